The van der Waals surface area contributed by atoms with Gasteiger partial charge in [-0.25, -0.2) is 0 Å². The Morgan fingerprint density at radius 3 is 2.37 bits per heavy atom. The highest BCUT2D eigenvalue weighted by Gasteiger charge is 2.12. The number of anilines is 2. The number of phenols is 1. The van der Waals surface area contributed by atoms with Crippen LogP contribution in [0.25, 0.3) is 0 Å². The first-order chi connectivity index (χ1) is 13.1. The summed E-state index contributed by atoms with van der Waals surface area (Å²) in [7, 11) is 0. The number of amides is 1. The van der Waals surface area contributed by atoms with Crippen LogP contribution in [-0.2, 0) is 25.5 Å². The molecule has 0 bridgehead atoms. The van der Waals surface area contributed by atoms with Gasteiger partial charge in [-0.1, -0.05) is 12.1 Å². The molecule has 2 aromatic carbocycles. The van der Waals surface area contributed by atoms with Crippen LogP contribution < -0.4 is 10.2 Å². The Labute approximate surface area is 157 Å². The Hall–Kier alpha value is -3.06. The number of carbonyl (C=O) groups is 2. The van der Waals surface area contributed by atoms with E-state index in [0.29, 0.717) is 24.5 Å². The standard InChI is InChI=1S/C20H22N2O5/c23-18-7-1-15(2-8-18)13-20(25)27-14-19(24)21-16-3-5-17(6-4-16)22-9-11-26-12-10-22/h1-8,23H,9-14H2,(H,21,24). The first-order valence-corrected chi connectivity index (χ1v) is 8.76. The summed E-state index contributed by atoms with van der Waals surface area (Å²) in [6.07, 6.45) is 0.0435. The summed E-state index contributed by atoms with van der Waals surface area (Å²) in [5.41, 5.74) is 2.43. The van der Waals surface area contributed by atoms with Gasteiger partial charge >= 0.3 is 5.97 Å². The Morgan fingerprint density at radius 2 is 1.70 bits per heavy atom. The number of nitrogens with zero attached hydrogens (tertiary/aromatic N) is 1. The predicted octanol–water partition coefficient (Wildman–Crippen LogP) is 1.95. The number of aromatic hydroxyl groups is 1. The van der Waals surface area contributed by atoms with Crippen molar-refractivity contribution in [2.75, 3.05) is 43.1 Å². The van der Waals surface area contributed by atoms with Crippen molar-refractivity contribution in [2.45, 2.75) is 6.42 Å². The Kier molecular flexibility index (Phi) is 6.27. The van der Waals surface area contributed by atoms with Crippen LogP contribution in [-0.4, -0.2) is 49.9 Å². The van der Waals surface area contributed by atoms with Crippen molar-refractivity contribution in [3.63, 3.8) is 0 Å². The van der Waals surface area contributed by atoms with Gasteiger partial charge in [-0.2, -0.15) is 0 Å². The van der Waals surface area contributed by atoms with E-state index >= 15 is 0 Å². The van der Waals surface area contributed by atoms with Crippen molar-refractivity contribution in [2.24, 2.45) is 0 Å². The van der Waals surface area contributed by atoms with Crippen LogP contribution in [0.2, 0.25) is 0 Å². The molecule has 0 radical (unpaired) electrons. The average molecular weight is 370 g/mol. The highest BCUT2D eigenvalue weighted by Crippen LogP contribution is 2.19. The molecular formula is C20H22N2O5. The lowest BCUT2D eigenvalue weighted by Gasteiger charge is -2.28. The average Bonchev–Trinajstić information content (AvgIpc) is 2.69. The highest BCUT2D eigenvalue weighted by atomic mass is 16.5. The monoisotopic (exact) mass is 370 g/mol. The lowest BCUT2D eigenvalue weighted by Crippen LogP contribution is -2.36. The fourth-order valence-electron chi connectivity index (χ4n) is 2.75. The SMILES string of the molecule is O=C(COC(=O)Cc1ccc(O)cc1)Nc1ccc(N2CCOCC2)cc1. The molecule has 0 aliphatic carbocycles. The van der Waals surface area contributed by atoms with Crippen molar-refractivity contribution in [3.8, 4) is 5.75 Å². The summed E-state index contributed by atoms with van der Waals surface area (Å²) in [4.78, 5) is 26.0. The molecule has 2 aromatic rings. The van der Waals surface area contributed by atoms with Gasteiger partial charge in [0.2, 0.25) is 0 Å². The minimum Gasteiger partial charge on any atom is -0.508 e. The van der Waals surface area contributed by atoms with Gasteiger partial charge in [0, 0.05) is 24.5 Å². The lowest BCUT2D eigenvalue weighted by atomic mass is 10.1. The zero-order valence-corrected chi connectivity index (χ0v) is 14.9. The molecule has 1 heterocycles. The number of phenolic OH excluding ortho intramolecular Hbond substituents is 1. The van der Waals surface area contributed by atoms with Crippen LogP contribution >= 0.6 is 0 Å². The van der Waals surface area contributed by atoms with Gasteiger partial charge in [-0.05, 0) is 42.0 Å². The van der Waals surface area contributed by atoms with Gasteiger partial charge in [-0.15, -0.1) is 0 Å². The van der Waals surface area contributed by atoms with Crippen LogP contribution in [0.15, 0.2) is 48.5 Å². The smallest absolute Gasteiger partial charge is 0.310 e. The molecular weight excluding hydrogens is 348 g/mol. The van der Waals surface area contributed by atoms with E-state index in [1.807, 2.05) is 24.3 Å². The van der Waals surface area contributed by atoms with Crippen LogP contribution in [0, 0.1) is 0 Å². The van der Waals surface area contributed by atoms with E-state index < -0.39 is 11.9 Å². The number of hydrogen-bond acceptors (Lipinski definition) is 6. The molecule has 7 heteroatoms. The second-order valence-corrected chi connectivity index (χ2v) is 6.20. The molecule has 2 N–H and O–H groups in total. The van der Waals surface area contributed by atoms with Crippen molar-refractivity contribution in [3.05, 3.63) is 54.1 Å². The summed E-state index contributed by atoms with van der Waals surface area (Å²) in [5, 5.41) is 11.9. The first-order valence-electron chi connectivity index (χ1n) is 8.76. The lowest BCUT2D eigenvalue weighted by molar-refractivity contribution is -0.146. The Bertz CT molecular complexity index is 768. The molecule has 142 valence electrons. The number of esters is 1. The topological polar surface area (TPSA) is 88.1 Å². The zero-order chi connectivity index (χ0) is 19.1. The second-order valence-electron chi connectivity index (χ2n) is 6.20. The minimum absolute atomic E-state index is 0.0435. The summed E-state index contributed by atoms with van der Waals surface area (Å²) >= 11 is 0. The normalized spacial score (nSPS) is 13.9. The van der Waals surface area contributed by atoms with Gasteiger partial charge in [0.05, 0.1) is 19.6 Å². The molecule has 1 aliphatic rings. The van der Waals surface area contributed by atoms with E-state index in [1.54, 1.807) is 12.1 Å². The van der Waals surface area contributed by atoms with Gasteiger partial charge in [0.15, 0.2) is 6.61 Å². The van der Waals surface area contributed by atoms with E-state index in [1.165, 1.54) is 12.1 Å². The highest BCUT2D eigenvalue weighted by molar-refractivity contribution is 5.93. The van der Waals surface area contributed by atoms with Crippen LogP contribution in [0.4, 0.5) is 11.4 Å². The van der Waals surface area contributed by atoms with Crippen molar-refractivity contribution >= 4 is 23.3 Å². The van der Waals surface area contributed by atoms with Gasteiger partial charge in [0.25, 0.3) is 5.91 Å². The van der Waals surface area contributed by atoms with Gasteiger partial charge in [-0.3, -0.25) is 9.59 Å². The molecule has 3 rings (SSSR count). The van der Waals surface area contributed by atoms with Gasteiger partial charge < -0.3 is 24.8 Å². The quantitative estimate of drug-likeness (QED) is 0.756. The number of morpholine rings is 1. The summed E-state index contributed by atoms with van der Waals surface area (Å²) < 4.78 is 10.3. The maximum absolute atomic E-state index is 12.0. The van der Waals surface area contributed by atoms with E-state index in [4.69, 9.17) is 9.47 Å². The number of hydrogen-bond donors (Lipinski definition) is 2. The first kappa shape index (κ1) is 18.7. The van der Waals surface area contributed by atoms with Crippen molar-refractivity contribution in [1.29, 1.82) is 0 Å². The molecule has 1 amide bonds. The number of rotatable bonds is 6. The predicted molar refractivity (Wildman–Crippen MR) is 101 cm³/mol. The number of ether oxygens (including phenoxy) is 2. The Balaban J connectivity index is 1.43. The van der Waals surface area contributed by atoms with E-state index in [-0.39, 0.29) is 18.8 Å². The summed E-state index contributed by atoms with van der Waals surface area (Å²) in [6, 6.07) is 13.8. The number of benzene rings is 2. The molecule has 0 aromatic heterocycles. The fraction of sp³-hybridized carbons (Fsp3) is 0.300. The minimum atomic E-state index is -0.501. The third-order valence-corrected chi connectivity index (χ3v) is 4.18. The van der Waals surface area contributed by atoms with Crippen LogP contribution in [0.3, 0.4) is 0 Å². The van der Waals surface area contributed by atoms with Gasteiger partial charge in [0.1, 0.15) is 5.75 Å². The number of carbonyl (C=O) groups excluding carboxylic acids is 2. The molecule has 0 atom stereocenters. The van der Waals surface area contributed by atoms with Crippen LogP contribution in [0.1, 0.15) is 5.56 Å². The van der Waals surface area contributed by atoms with Crippen molar-refractivity contribution < 1.29 is 24.2 Å². The molecule has 0 spiro atoms. The maximum atomic E-state index is 12.0. The molecule has 7 nitrogen and oxygen atoms in total. The van der Waals surface area contributed by atoms with E-state index in [9.17, 15) is 14.7 Å². The third kappa shape index (κ3) is 5.72. The van der Waals surface area contributed by atoms with Crippen LogP contribution in [0.5, 0.6) is 5.75 Å². The molecule has 1 saturated heterocycles. The summed E-state index contributed by atoms with van der Waals surface area (Å²) in [6.45, 7) is 2.79. The fourth-order valence-corrected chi connectivity index (χ4v) is 2.75. The molecule has 1 aliphatic heterocycles. The number of nitrogens with one attached hydrogen (secondary N) is 1. The summed E-state index contributed by atoms with van der Waals surface area (Å²) in [5.74, 6) is -0.766. The largest absolute Gasteiger partial charge is 0.508 e. The molecule has 0 saturated carbocycles. The maximum Gasteiger partial charge on any atom is 0.310 e. The molecule has 1 fully saturated rings. The zero-order valence-electron chi connectivity index (χ0n) is 14.9. The second kappa shape index (κ2) is 9.05. The van der Waals surface area contributed by atoms with E-state index in [0.717, 1.165) is 18.8 Å². The van der Waals surface area contributed by atoms with Crippen molar-refractivity contribution in [1.82, 2.24) is 0 Å². The molecule has 27 heavy (non-hydrogen) atoms. The van der Waals surface area contributed by atoms with E-state index in [2.05, 4.69) is 10.2 Å². The Morgan fingerprint density at radius 1 is 1.04 bits per heavy atom. The molecule has 0 unspecified atom stereocenters. The third-order valence-electron chi connectivity index (χ3n) is 4.18.